The molecule has 4 N–H and O–H groups in total. The lowest BCUT2D eigenvalue weighted by atomic mass is 9.84. The maximum Gasteiger partial charge on any atom is 0.241 e. The van der Waals surface area contributed by atoms with E-state index in [1.807, 2.05) is 0 Å². The third-order valence-corrected chi connectivity index (χ3v) is 6.21. The summed E-state index contributed by atoms with van der Waals surface area (Å²) in [6.45, 7) is 2.74. The van der Waals surface area contributed by atoms with E-state index in [1.54, 1.807) is 26.2 Å². The highest BCUT2D eigenvalue weighted by molar-refractivity contribution is 14.0. The Bertz CT molecular complexity index is 812. The second kappa shape index (κ2) is 12.5. The molecule has 0 saturated heterocycles. The first-order valence-electron chi connectivity index (χ1n) is 10.1. The Kier molecular flexibility index (Phi) is 11.1. The van der Waals surface area contributed by atoms with E-state index in [9.17, 15) is 13.2 Å². The molecule has 1 fully saturated rings. The van der Waals surface area contributed by atoms with Crippen molar-refractivity contribution < 1.29 is 13.2 Å². The average molecular weight is 551 g/mol. The molecule has 1 aliphatic rings. The van der Waals surface area contributed by atoms with Crippen LogP contribution in [0.15, 0.2) is 34.2 Å². The van der Waals surface area contributed by atoms with E-state index in [-0.39, 0.29) is 41.3 Å². The molecule has 2 atom stereocenters. The van der Waals surface area contributed by atoms with Crippen LogP contribution in [0.25, 0.3) is 0 Å². The van der Waals surface area contributed by atoms with E-state index in [1.165, 1.54) is 36.3 Å². The number of rotatable bonds is 7. The first-order chi connectivity index (χ1) is 13.7. The predicted octanol–water partition coefficient (Wildman–Crippen LogP) is 2.04. The number of nitrogens with one attached hydrogen (secondary N) is 2. The molecule has 1 amide bonds. The number of amides is 1. The van der Waals surface area contributed by atoms with E-state index in [2.05, 4.69) is 22.5 Å². The van der Waals surface area contributed by atoms with Crippen molar-refractivity contribution in [2.24, 2.45) is 16.0 Å². The van der Waals surface area contributed by atoms with Gasteiger partial charge in [-0.05, 0) is 36.5 Å². The summed E-state index contributed by atoms with van der Waals surface area (Å²) in [6.07, 6.45) is 5.82. The molecule has 170 valence electrons. The molecule has 2 unspecified atom stereocenters. The van der Waals surface area contributed by atoms with Crippen molar-refractivity contribution in [3.05, 3.63) is 29.8 Å². The molecular formula is C20H34IN5O3S. The molecule has 0 radical (unpaired) electrons. The van der Waals surface area contributed by atoms with Gasteiger partial charge in [0.05, 0.1) is 18.0 Å². The molecule has 1 aromatic rings. The average Bonchev–Trinajstić information content (AvgIpc) is 2.69. The zero-order valence-electron chi connectivity index (χ0n) is 17.9. The first-order valence-corrected chi connectivity index (χ1v) is 11.6. The van der Waals surface area contributed by atoms with Crippen LogP contribution in [-0.4, -0.2) is 51.9 Å². The number of aliphatic imine (C=N–C) groups is 1. The molecule has 1 aliphatic carbocycles. The third-order valence-electron chi connectivity index (χ3n) is 5.28. The fourth-order valence-corrected chi connectivity index (χ4v) is 3.93. The minimum Gasteiger partial charge on any atom is -0.354 e. The van der Waals surface area contributed by atoms with Crippen molar-refractivity contribution in [3.8, 4) is 0 Å². The van der Waals surface area contributed by atoms with Crippen molar-refractivity contribution in [2.75, 3.05) is 20.6 Å². The molecule has 0 spiro atoms. The Morgan fingerprint density at radius 2 is 1.90 bits per heavy atom. The van der Waals surface area contributed by atoms with Gasteiger partial charge in [0, 0.05) is 20.1 Å². The summed E-state index contributed by atoms with van der Waals surface area (Å²) in [6, 6.07) is 6.67. The van der Waals surface area contributed by atoms with Crippen LogP contribution in [0.5, 0.6) is 0 Å². The first kappa shape index (κ1) is 26.6. The molecule has 0 aliphatic heterocycles. The summed E-state index contributed by atoms with van der Waals surface area (Å²) >= 11 is 0. The van der Waals surface area contributed by atoms with Gasteiger partial charge in [0.15, 0.2) is 5.96 Å². The maximum absolute atomic E-state index is 12.0. The summed E-state index contributed by atoms with van der Waals surface area (Å²) in [4.78, 5) is 18.2. The van der Waals surface area contributed by atoms with E-state index in [4.69, 9.17) is 5.14 Å². The molecule has 30 heavy (non-hydrogen) atoms. The lowest BCUT2D eigenvalue weighted by Crippen LogP contribution is -2.48. The van der Waals surface area contributed by atoms with Gasteiger partial charge >= 0.3 is 0 Å². The quantitative estimate of drug-likeness (QED) is 0.273. The van der Waals surface area contributed by atoms with Crippen molar-refractivity contribution >= 4 is 45.9 Å². The number of primary sulfonamides is 1. The number of hydrogen-bond donors (Lipinski definition) is 3. The molecule has 1 aromatic carbocycles. The standard InChI is InChI=1S/C20H33N5O3S.HI/c1-4-15-6-5-7-17(12-15)24-20(23-14-19(26)25(2)3)22-13-16-8-10-18(11-9-16)29(21,27)28;/h8-11,15,17H,4-7,12-14H2,1-3H3,(H2,21,27,28)(H2,22,23,24);1H. The van der Waals surface area contributed by atoms with Crippen LogP contribution >= 0.6 is 24.0 Å². The van der Waals surface area contributed by atoms with Crippen molar-refractivity contribution in [1.29, 1.82) is 0 Å². The summed E-state index contributed by atoms with van der Waals surface area (Å²) in [5, 5.41) is 11.7. The normalized spacial score (nSPS) is 19.5. The van der Waals surface area contributed by atoms with Gasteiger partial charge in [0.2, 0.25) is 15.9 Å². The Labute approximate surface area is 197 Å². The van der Waals surface area contributed by atoms with Crippen LogP contribution in [0.2, 0.25) is 0 Å². The Morgan fingerprint density at radius 1 is 1.23 bits per heavy atom. The number of sulfonamides is 1. The monoisotopic (exact) mass is 551 g/mol. The number of nitrogens with two attached hydrogens (primary N) is 1. The summed E-state index contributed by atoms with van der Waals surface area (Å²) < 4.78 is 22.8. The van der Waals surface area contributed by atoms with Crippen LogP contribution in [0.1, 0.15) is 44.6 Å². The maximum atomic E-state index is 12.0. The number of carbonyl (C=O) groups is 1. The SMILES string of the molecule is CCC1CCCC(NC(=NCc2ccc(S(N)(=O)=O)cc2)NCC(=O)N(C)C)C1.I. The molecule has 1 saturated carbocycles. The number of guanidine groups is 1. The zero-order chi connectivity index (χ0) is 21.4. The third kappa shape index (κ3) is 8.76. The Hall–Kier alpha value is -1.40. The van der Waals surface area contributed by atoms with E-state index in [0.29, 0.717) is 18.5 Å². The molecule has 0 bridgehead atoms. The lowest BCUT2D eigenvalue weighted by molar-refractivity contribution is -0.127. The van der Waals surface area contributed by atoms with Crippen molar-refractivity contribution in [1.82, 2.24) is 15.5 Å². The van der Waals surface area contributed by atoms with Crippen LogP contribution in [0.4, 0.5) is 0 Å². The van der Waals surface area contributed by atoms with Crippen molar-refractivity contribution in [3.63, 3.8) is 0 Å². The fraction of sp³-hybridized carbons (Fsp3) is 0.600. The van der Waals surface area contributed by atoms with Gasteiger partial charge in [-0.15, -0.1) is 24.0 Å². The van der Waals surface area contributed by atoms with Gasteiger partial charge < -0.3 is 15.5 Å². The summed E-state index contributed by atoms with van der Waals surface area (Å²) in [5.41, 5.74) is 0.854. The van der Waals surface area contributed by atoms with Gasteiger partial charge in [0.1, 0.15) is 0 Å². The molecule has 0 heterocycles. The smallest absolute Gasteiger partial charge is 0.241 e. The minimum atomic E-state index is -3.71. The molecule has 8 nitrogen and oxygen atoms in total. The van der Waals surface area contributed by atoms with Gasteiger partial charge in [-0.1, -0.05) is 38.3 Å². The summed E-state index contributed by atoms with van der Waals surface area (Å²) in [5.74, 6) is 1.28. The number of carbonyl (C=O) groups excluding carboxylic acids is 1. The van der Waals surface area contributed by atoms with Crippen LogP contribution in [0.3, 0.4) is 0 Å². The topological polar surface area (TPSA) is 117 Å². The number of hydrogen-bond acceptors (Lipinski definition) is 4. The molecular weight excluding hydrogens is 517 g/mol. The predicted molar refractivity (Wildman–Crippen MR) is 130 cm³/mol. The zero-order valence-corrected chi connectivity index (χ0v) is 21.1. The highest BCUT2D eigenvalue weighted by atomic mass is 127. The number of halogens is 1. The number of benzene rings is 1. The largest absolute Gasteiger partial charge is 0.354 e. The summed E-state index contributed by atoms with van der Waals surface area (Å²) in [7, 11) is -0.274. The minimum absolute atomic E-state index is 0. The second-order valence-corrected chi connectivity index (χ2v) is 9.34. The highest BCUT2D eigenvalue weighted by Crippen LogP contribution is 2.26. The second-order valence-electron chi connectivity index (χ2n) is 7.78. The van der Waals surface area contributed by atoms with Crippen molar-refractivity contribution in [2.45, 2.75) is 56.5 Å². The number of likely N-dealkylation sites (N-methyl/N-ethyl adjacent to an activating group) is 1. The molecule has 2 rings (SSSR count). The van der Waals surface area contributed by atoms with Gasteiger partial charge in [-0.2, -0.15) is 0 Å². The van der Waals surface area contributed by atoms with Crippen LogP contribution in [-0.2, 0) is 21.4 Å². The number of nitrogens with zero attached hydrogens (tertiary/aromatic N) is 2. The van der Waals surface area contributed by atoms with Gasteiger partial charge in [-0.3, -0.25) is 4.79 Å². The van der Waals surface area contributed by atoms with E-state index < -0.39 is 10.0 Å². The van der Waals surface area contributed by atoms with Crippen LogP contribution < -0.4 is 15.8 Å². The van der Waals surface area contributed by atoms with E-state index >= 15 is 0 Å². The fourth-order valence-electron chi connectivity index (χ4n) is 3.41. The lowest BCUT2D eigenvalue weighted by Gasteiger charge is -2.30. The molecule has 0 aromatic heterocycles. The van der Waals surface area contributed by atoms with Gasteiger partial charge in [0.25, 0.3) is 0 Å². The Morgan fingerprint density at radius 3 is 2.47 bits per heavy atom. The highest BCUT2D eigenvalue weighted by Gasteiger charge is 2.21. The Balaban J connectivity index is 0.00000450. The van der Waals surface area contributed by atoms with E-state index in [0.717, 1.165) is 24.3 Å². The van der Waals surface area contributed by atoms with Gasteiger partial charge in [-0.25, -0.2) is 18.5 Å². The van der Waals surface area contributed by atoms with Crippen LogP contribution in [0, 0.1) is 5.92 Å². The molecule has 10 heteroatoms.